The lowest BCUT2D eigenvalue weighted by atomic mass is 10.1. The first-order chi connectivity index (χ1) is 6.56. The SMILES string of the molecule is O=CC(I)c1ccc(O)c([N+](=O)[O-])c1. The third-order valence-corrected chi connectivity index (χ3v) is 2.65. The number of carbonyl (C=O) groups is 1. The fourth-order valence-corrected chi connectivity index (χ4v) is 1.32. The van der Waals surface area contributed by atoms with Crippen LogP contribution in [0.5, 0.6) is 5.75 Å². The molecule has 0 radical (unpaired) electrons. The Morgan fingerprint density at radius 1 is 1.57 bits per heavy atom. The normalized spacial score (nSPS) is 12.1. The van der Waals surface area contributed by atoms with E-state index in [1.165, 1.54) is 18.2 Å². The Bertz CT molecular complexity index is 380. The van der Waals surface area contributed by atoms with Crippen LogP contribution in [0.25, 0.3) is 0 Å². The molecule has 0 aliphatic carbocycles. The second kappa shape index (κ2) is 4.36. The molecule has 0 aliphatic heterocycles. The van der Waals surface area contributed by atoms with Crippen molar-refractivity contribution >= 4 is 34.6 Å². The van der Waals surface area contributed by atoms with Gasteiger partial charge in [0.05, 0.1) is 8.85 Å². The van der Waals surface area contributed by atoms with Gasteiger partial charge in [0, 0.05) is 6.07 Å². The van der Waals surface area contributed by atoms with Gasteiger partial charge in [0.1, 0.15) is 6.29 Å². The molecule has 0 aromatic heterocycles. The van der Waals surface area contributed by atoms with Crippen molar-refractivity contribution in [1.29, 1.82) is 0 Å². The predicted octanol–water partition coefficient (Wildman–Crippen LogP) is 1.98. The molecule has 0 bridgehead atoms. The lowest BCUT2D eigenvalue weighted by Crippen LogP contribution is -1.94. The summed E-state index contributed by atoms with van der Waals surface area (Å²) in [6, 6.07) is 3.89. The van der Waals surface area contributed by atoms with Gasteiger partial charge in [0.2, 0.25) is 0 Å². The number of nitro groups is 1. The smallest absolute Gasteiger partial charge is 0.311 e. The van der Waals surface area contributed by atoms with Crippen molar-refractivity contribution in [2.75, 3.05) is 0 Å². The summed E-state index contributed by atoms with van der Waals surface area (Å²) in [7, 11) is 0. The molecule has 1 atom stereocenters. The van der Waals surface area contributed by atoms with Gasteiger partial charge >= 0.3 is 5.69 Å². The maximum Gasteiger partial charge on any atom is 0.311 e. The van der Waals surface area contributed by atoms with Gasteiger partial charge in [-0.2, -0.15) is 0 Å². The van der Waals surface area contributed by atoms with E-state index in [-0.39, 0.29) is 5.69 Å². The summed E-state index contributed by atoms with van der Waals surface area (Å²) in [5, 5.41) is 19.6. The summed E-state index contributed by atoms with van der Waals surface area (Å²) in [6.07, 6.45) is 0.677. The van der Waals surface area contributed by atoms with E-state index < -0.39 is 14.6 Å². The number of halogens is 1. The summed E-state index contributed by atoms with van der Waals surface area (Å²) in [5.74, 6) is -0.395. The highest BCUT2D eigenvalue weighted by atomic mass is 127. The molecule has 0 heterocycles. The van der Waals surface area contributed by atoms with Crippen LogP contribution < -0.4 is 0 Å². The third kappa shape index (κ3) is 2.19. The van der Waals surface area contributed by atoms with Gasteiger partial charge in [-0.3, -0.25) is 10.1 Å². The van der Waals surface area contributed by atoms with Crippen LogP contribution in [0, 0.1) is 10.1 Å². The number of rotatable bonds is 3. The Labute approximate surface area is 93.0 Å². The van der Waals surface area contributed by atoms with Gasteiger partial charge in [-0.25, -0.2) is 0 Å². The standard InChI is InChI=1S/C8H6INO4/c9-6(4-11)5-1-2-8(12)7(3-5)10(13)14/h1-4,6,12H. The van der Waals surface area contributed by atoms with Gasteiger partial charge in [0.25, 0.3) is 0 Å². The highest BCUT2D eigenvalue weighted by Crippen LogP contribution is 2.31. The number of nitrogens with zero attached hydrogens (tertiary/aromatic N) is 1. The van der Waals surface area contributed by atoms with E-state index in [1.54, 1.807) is 0 Å². The molecule has 0 saturated heterocycles. The average Bonchev–Trinajstić information content (AvgIpc) is 2.17. The molecule has 1 N–H and O–H groups in total. The van der Waals surface area contributed by atoms with Crippen LogP contribution in [0.4, 0.5) is 5.69 Å². The quantitative estimate of drug-likeness (QED) is 0.304. The second-order valence-electron chi connectivity index (χ2n) is 2.54. The van der Waals surface area contributed by atoms with Crippen molar-refractivity contribution in [2.24, 2.45) is 0 Å². The van der Waals surface area contributed by atoms with Gasteiger partial charge in [-0.1, -0.05) is 28.7 Å². The zero-order valence-corrected chi connectivity index (χ0v) is 9.04. The minimum atomic E-state index is -0.688. The van der Waals surface area contributed by atoms with Gasteiger partial charge in [-0.05, 0) is 11.6 Å². The van der Waals surface area contributed by atoms with Crippen LogP contribution in [0.15, 0.2) is 18.2 Å². The summed E-state index contributed by atoms with van der Waals surface area (Å²) in [6.45, 7) is 0. The van der Waals surface area contributed by atoms with E-state index in [0.29, 0.717) is 11.8 Å². The molecule has 0 aliphatic rings. The highest BCUT2D eigenvalue weighted by Gasteiger charge is 2.16. The molecule has 1 rings (SSSR count). The monoisotopic (exact) mass is 307 g/mol. The Balaban J connectivity index is 3.19. The van der Waals surface area contributed by atoms with Crippen LogP contribution in [0.1, 0.15) is 9.49 Å². The summed E-state index contributed by atoms with van der Waals surface area (Å²) in [4.78, 5) is 20.2. The van der Waals surface area contributed by atoms with Gasteiger partial charge in [0.15, 0.2) is 5.75 Å². The zero-order valence-electron chi connectivity index (χ0n) is 6.88. The molecule has 74 valence electrons. The van der Waals surface area contributed by atoms with E-state index >= 15 is 0 Å². The lowest BCUT2D eigenvalue weighted by molar-refractivity contribution is -0.385. The summed E-state index contributed by atoms with van der Waals surface area (Å²) < 4.78 is -0.438. The van der Waals surface area contributed by atoms with Crippen molar-refractivity contribution < 1.29 is 14.8 Å². The molecule has 0 fully saturated rings. The van der Waals surface area contributed by atoms with Crippen LogP contribution in [0.3, 0.4) is 0 Å². The number of aromatic hydroxyl groups is 1. The molecular formula is C8H6INO4. The summed E-state index contributed by atoms with van der Waals surface area (Å²) in [5.41, 5.74) is 0.121. The number of hydrogen-bond donors (Lipinski definition) is 1. The van der Waals surface area contributed by atoms with E-state index in [4.69, 9.17) is 5.11 Å². The average molecular weight is 307 g/mol. The van der Waals surface area contributed by atoms with Crippen molar-refractivity contribution in [2.45, 2.75) is 3.92 Å². The Hall–Kier alpha value is -1.18. The molecule has 0 spiro atoms. The Morgan fingerprint density at radius 3 is 2.71 bits per heavy atom. The number of nitro benzene ring substituents is 1. The molecule has 5 nitrogen and oxygen atoms in total. The van der Waals surface area contributed by atoms with E-state index in [0.717, 1.165) is 0 Å². The number of benzene rings is 1. The first-order valence-corrected chi connectivity index (χ1v) is 4.87. The van der Waals surface area contributed by atoms with Crippen LogP contribution in [-0.2, 0) is 4.79 Å². The Morgan fingerprint density at radius 2 is 2.21 bits per heavy atom. The number of hydrogen-bond acceptors (Lipinski definition) is 4. The number of alkyl halides is 1. The van der Waals surface area contributed by atoms with Crippen molar-refractivity contribution in [1.82, 2.24) is 0 Å². The molecule has 0 amide bonds. The molecular weight excluding hydrogens is 301 g/mol. The van der Waals surface area contributed by atoms with Gasteiger partial charge < -0.3 is 9.90 Å². The largest absolute Gasteiger partial charge is 0.502 e. The molecule has 1 aromatic carbocycles. The highest BCUT2D eigenvalue weighted by molar-refractivity contribution is 14.1. The first-order valence-electron chi connectivity index (χ1n) is 3.63. The molecule has 0 saturated carbocycles. The summed E-state index contributed by atoms with van der Waals surface area (Å²) >= 11 is 1.85. The molecule has 6 heteroatoms. The predicted molar refractivity (Wildman–Crippen MR) is 57.6 cm³/mol. The minimum absolute atomic E-state index is 0.383. The van der Waals surface area contributed by atoms with E-state index in [2.05, 4.69) is 0 Å². The fraction of sp³-hybridized carbons (Fsp3) is 0.125. The van der Waals surface area contributed by atoms with Gasteiger partial charge in [-0.15, -0.1) is 0 Å². The molecule has 14 heavy (non-hydrogen) atoms. The minimum Gasteiger partial charge on any atom is -0.502 e. The van der Waals surface area contributed by atoms with Crippen LogP contribution in [0.2, 0.25) is 0 Å². The number of phenolic OH excluding ortho intramolecular Hbond substituents is 1. The number of carbonyl (C=O) groups excluding carboxylic acids is 1. The van der Waals surface area contributed by atoms with Crippen molar-refractivity contribution in [3.05, 3.63) is 33.9 Å². The Kier molecular flexibility index (Phi) is 3.39. The topological polar surface area (TPSA) is 80.4 Å². The van der Waals surface area contributed by atoms with Crippen LogP contribution in [-0.4, -0.2) is 16.3 Å². The van der Waals surface area contributed by atoms with Crippen molar-refractivity contribution in [3.63, 3.8) is 0 Å². The van der Waals surface area contributed by atoms with Crippen LogP contribution >= 0.6 is 22.6 Å². The van der Waals surface area contributed by atoms with E-state index in [9.17, 15) is 14.9 Å². The molecule has 1 unspecified atom stereocenters. The first kappa shape index (κ1) is 10.9. The zero-order chi connectivity index (χ0) is 10.7. The number of phenols is 1. The van der Waals surface area contributed by atoms with E-state index in [1.807, 2.05) is 22.6 Å². The lowest BCUT2D eigenvalue weighted by Gasteiger charge is -2.02. The third-order valence-electron chi connectivity index (χ3n) is 1.63. The fourth-order valence-electron chi connectivity index (χ4n) is 0.937. The second-order valence-corrected chi connectivity index (χ2v) is 3.89. The number of aldehydes is 1. The maximum atomic E-state index is 10.4. The maximum absolute atomic E-state index is 10.4. The molecule has 1 aromatic rings. The van der Waals surface area contributed by atoms with Crippen molar-refractivity contribution in [3.8, 4) is 5.75 Å².